The summed E-state index contributed by atoms with van der Waals surface area (Å²) in [6, 6.07) is 0. The molecular formula is C6H12N. The molecule has 1 nitrogen and oxygen atoms in total. The van der Waals surface area contributed by atoms with Gasteiger partial charge in [-0.05, 0) is 31.8 Å². The van der Waals surface area contributed by atoms with Gasteiger partial charge in [0.05, 0.1) is 0 Å². The Morgan fingerprint density at radius 3 is 2.29 bits per heavy atom. The first-order chi connectivity index (χ1) is 3.00. The quantitative estimate of drug-likeness (QED) is 0.494. The van der Waals surface area contributed by atoms with Crippen molar-refractivity contribution in [2.75, 3.05) is 0 Å². The highest BCUT2D eigenvalue weighted by atomic mass is 14.0. The SMILES string of the molecule is N.[C]1=CCCCC1. The molecule has 0 saturated heterocycles. The van der Waals surface area contributed by atoms with E-state index >= 15 is 0 Å². The predicted molar refractivity (Wildman–Crippen MR) is 31.3 cm³/mol. The molecule has 0 heterocycles. The highest BCUT2D eigenvalue weighted by Crippen LogP contribution is 2.06. The van der Waals surface area contributed by atoms with Gasteiger partial charge in [0.25, 0.3) is 0 Å². The third kappa shape index (κ3) is 2.40. The van der Waals surface area contributed by atoms with E-state index in [1.54, 1.807) is 0 Å². The largest absolute Gasteiger partial charge is 0.344 e. The zero-order valence-corrected chi connectivity index (χ0v) is 4.61. The molecule has 0 aromatic heterocycles. The molecule has 1 radical (unpaired) electrons. The van der Waals surface area contributed by atoms with Crippen LogP contribution in [0.2, 0.25) is 0 Å². The fourth-order valence-electron chi connectivity index (χ4n) is 0.678. The van der Waals surface area contributed by atoms with Gasteiger partial charge in [0.2, 0.25) is 0 Å². The summed E-state index contributed by atoms with van der Waals surface area (Å²) >= 11 is 0. The van der Waals surface area contributed by atoms with Gasteiger partial charge >= 0.3 is 0 Å². The van der Waals surface area contributed by atoms with Crippen LogP contribution in [0.25, 0.3) is 0 Å². The van der Waals surface area contributed by atoms with E-state index in [0.717, 1.165) is 0 Å². The molecule has 41 valence electrons. The fraction of sp³-hybridized carbons (Fsp3) is 0.667. The first-order valence-corrected chi connectivity index (χ1v) is 2.55. The minimum atomic E-state index is 0. The standard InChI is InChI=1S/C6H9.H3N/c1-2-4-6-5-3-1;/h1H,2,4-6H2;1H3. The van der Waals surface area contributed by atoms with Crippen LogP contribution >= 0.6 is 0 Å². The van der Waals surface area contributed by atoms with E-state index in [1.165, 1.54) is 25.7 Å². The zero-order chi connectivity index (χ0) is 4.24. The van der Waals surface area contributed by atoms with Crippen LogP contribution in [0.3, 0.4) is 0 Å². The second-order valence-corrected chi connectivity index (χ2v) is 1.65. The van der Waals surface area contributed by atoms with Crippen LogP contribution in [0.1, 0.15) is 25.7 Å². The van der Waals surface area contributed by atoms with Gasteiger partial charge in [-0.1, -0.05) is 6.08 Å². The highest BCUT2D eigenvalue weighted by molar-refractivity contribution is 4.77. The van der Waals surface area contributed by atoms with Crippen LogP contribution in [0.4, 0.5) is 0 Å². The number of hydrogen-bond donors (Lipinski definition) is 1. The third-order valence-electron chi connectivity index (χ3n) is 1.06. The van der Waals surface area contributed by atoms with Gasteiger partial charge in [-0.3, -0.25) is 0 Å². The molecule has 7 heavy (non-hydrogen) atoms. The molecule has 0 bridgehead atoms. The summed E-state index contributed by atoms with van der Waals surface area (Å²) in [5.41, 5.74) is 0. The molecule has 0 amide bonds. The van der Waals surface area contributed by atoms with E-state index in [0.29, 0.717) is 0 Å². The van der Waals surface area contributed by atoms with Crippen molar-refractivity contribution in [1.29, 1.82) is 0 Å². The van der Waals surface area contributed by atoms with Crippen molar-refractivity contribution in [1.82, 2.24) is 6.15 Å². The Labute approximate surface area is 45.0 Å². The lowest BCUT2D eigenvalue weighted by Gasteiger charge is -1.96. The molecule has 0 spiro atoms. The zero-order valence-electron chi connectivity index (χ0n) is 4.61. The molecule has 0 fully saturated rings. The van der Waals surface area contributed by atoms with E-state index in [2.05, 4.69) is 12.2 Å². The molecule has 3 N–H and O–H groups in total. The first kappa shape index (κ1) is 6.70. The van der Waals surface area contributed by atoms with Crippen LogP contribution in [0, 0.1) is 6.08 Å². The molecule has 1 rings (SSSR count). The van der Waals surface area contributed by atoms with Gasteiger partial charge in [0.15, 0.2) is 0 Å². The van der Waals surface area contributed by atoms with Crippen molar-refractivity contribution in [3.63, 3.8) is 0 Å². The summed E-state index contributed by atoms with van der Waals surface area (Å²) in [4.78, 5) is 0. The summed E-state index contributed by atoms with van der Waals surface area (Å²) in [5, 5.41) is 0. The van der Waals surface area contributed by atoms with Crippen LogP contribution in [-0.4, -0.2) is 0 Å². The highest BCUT2D eigenvalue weighted by Gasteiger charge is 1.87. The molecule has 1 aliphatic carbocycles. The molecular weight excluding hydrogens is 86.1 g/mol. The molecule has 1 heteroatoms. The van der Waals surface area contributed by atoms with Crippen LogP contribution in [-0.2, 0) is 0 Å². The summed E-state index contributed by atoms with van der Waals surface area (Å²) in [5.74, 6) is 0. The second kappa shape index (κ2) is 3.88. The van der Waals surface area contributed by atoms with Crippen molar-refractivity contribution >= 4 is 0 Å². The second-order valence-electron chi connectivity index (χ2n) is 1.65. The Bertz CT molecular complexity index is 49.2. The molecule has 0 aromatic rings. The maximum absolute atomic E-state index is 3.16. The molecule has 0 aromatic carbocycles. The Kier molecular flexibility index (Phi) is 3.71. The van der Waals surface area contributed by atoms with Gasteiger partial charge in [-0.2, -0.15) is 0 Å². The maximum Gasteiger partial charge on any atom is -0.0279 e. The van der Waals surface area contributed by atoms with Crippen molar-refractivity contribution in [3.05, 3.63) is 12.2 Å². The van der Waals surface area contributed by atoms with Crippen molar-refractivity contribution < 1.29 is 0 Å². The van der Waals surface area contributed by atoms with Crippen molar-refractivity contribution in [2.24, 2.45) is 0 Å². The van der Waals surface area contributed by atoms with Crippen LogP contribution < -0.4 is 6.15 Å². The lowest BCUT2D eigenvalue weighted by Crippen LogP contribution is -1.78. The topological polar surface area (TPSA) is 35.0 Å². The van der Waals surface area contributed by atoms with E-state index in [9.17, 15) is 0 Å². The average molecular weight is 98.2 g/mol. The number of rotatable bonds is 0. The molecule has 0 atom stereocenters. The minimum absolute atomic E-state index is 0. The molecule has 1 aliphatic rings. The maximum atomic E-state index is 3.16. The van der Waals surface area contributed by atoms with Crippen molar-refractivity contribution in [2.45, 2.75) is 25.7 Å². The summed E-state index contributed by atoms with van der Waals surface area (Å²) in [6.45, 7) is 0. The lowest BCUT2D eigenvalue weighted by atomic mass is 10.1. The Morgan fingerprint density at radius 1 is 1.29 bits per heavy atom. The van der Waals surface area contributed by atoms with Gasteiger partial charge in [0.1, 0.15) is 0 Å². The van der Waals surface area contributed by atoms with Crippen molar-refractivity contribution in [3.8, 4) is 0 Å². The lowest BCUT2D eigenvalue weighted by molar-refractivity contribution is 0.718. The number of hydrogen-bond acceptors (Lipinski definition) is 1. The van der Waals surface area contributed by atoms with Gasteiger partial charge in [0, 0.05) is 0 Å². The average Bonchev–Trinajstić information content (AvgIpc) is 1.72. The van der Waals surface area contributed by atoms with E-state index in [4.69, 9.17) is 0 Å². The van der Waals surface area contributed by atoms with E-state index in [-0.39, 0.29) is 6.15 Å². The summed E-state index contributed by atoms with van der Waals surface area (Å²) in [6.07, 6.45) is 10.5. The summed E-state index contributed by atoms with van der Waals surface area (Å²) in [7, 11) is 0. The van der Waals surface area contributed by atoms with Gasteiger partial charge in [-0.15, -0.1) is 0 Å². The Hall–Kier alpha value is -0.300. The molecule has 0 saturated carbocycles. The van der Waals surface area contributed by atoms with Crippen LogP contribution in [0.15, 0.2) is 6.08 Å². The van der Waals surface area contributed by atoms with Gasteiger partial charge in [-0.25, -0.2) is 0 Å². The van der Waals surface area contributed by atoms with E-state index < -0.39 is 0 Å². The predicted octanol–water partition coefficient (Wildman–Crippen LogP) is 2.08. The third-order valence-corrected chi connectivity index (χ3v) is 1.06. The monoisotopic (exact) mass is 98.1 g/mol. The van der Waals surface area contributed by atoms with Gasteiger partial charge < -0.3 is 6.15 Å². The smallest absolute Gasteiger partial charge is 0.0279 e. The number of allylic oxidation sites excluding steroid dienone is 2. The minimum Gasteiger partial charge on any atom is -0.344 e. The Morgan fingerprint density at radius 2 is 2.14 bits per heavy atom. The van der Waals surface area contributed by atoms with E-state index in [1.807, 2.05) is 0 Å². The fourth-order valence-corrected chi connectivity index (χ4v) is 0.678. The normalized spacial score (nSPS) is 18.3. The summed E-state index contributed by atoms with van der Waals surface area (Å²) < 4.78 is 0. The molecule has 0 unspecified atom stereocenters. The Balaban J connectivity index is 0.000000360. The van der Waals surface area contributed by atoms with Crippen LogP contribution in [0.5, 0.6) is 0 Å². The molecule has 0 aliphatic heterocycles. The first-order valence-electron chi connectivity index (χ1n) is 2.55.